The highest BCUT2D eigenvalue weighted by atomic mass is 32.1. The third-order valence-corrected chi connectivity index (χ3v) is 4.38. The molecule has 0 radical (unpaired) electrons. The average molecular weight is 252 g/mol. The van der Waals surface area contributed by atoms with Crippen molar-refractivity contribution in [1.82, 2.24) is 9.97 Å². The number of anilines is 2. The number of aromatic nitrogens is 2. The fourth-order valence-electron chi connectivity index (χ4n) is 2.40. The van der Waals surface area contributed by atoms with Gasteiger partial charge in [-0.1, -0.05) is 11.3 Å². The largest absolute Gasteiger partial charge is 0.372 e. The molecule has 1 aromatic heterocycles. The van der Waals surface area contributed by atoms with Gasteiger partial charge in [0.1, 0.15) is 0 Å². The molecule has 0 N–H and O–H groups in total. The summed E-state index contributed by atoms with van der Waals surface area (Å²) in [5.74, 6) is 0. The summed E-state index contributed by atoms with van der Waals surface area (Å²) in [6.07, 6.45) is 4.79. The molecule has 0 aliphatic carbocycles. The lowest BCUT2D eigenvalue weighted by molar-refractivity contribution is 0.911. The summed E-state index contributed by atoms with van der Waals surface area (Å²) in [6.45, 7) is 4.08. The lowest BCUT2D eigenvalue weighted by atomic mass is 10.4. The van der Waals surface area contributed by atoms with Crippen LogP contribution in [0.5, 0.6) is 0 Å². The zero-order chi connectivity index (χ0) is 11.7. The van der Waals surface area contributed by atoms with Crippen LogP contribution in [0, 0.1) is 0 Å². The minimum atomic E-state index is -0.340. The first-order valence-corrected chi connectivity index (χ1v) is 7.04. The molecule has 0 bridgehead atoms. The van der Waals surface area contributed by atoms with Crippen LogP contribution in [-0.2, 0) is 0 Å². The van der Waals surface area contributed by atoms with Gasteiger partial charge < -0.3 is 9.80 Å². The van der Waals surface area contributed by atoms with E-state index in [1.807, 2.05) is 0 Å². The van der Waals surface area contributed by atoms with E-state index in [1.165, 1.54) is 25.7 Å². The van der Waals surface area contributed by atoms with Crippen molar-refractivity contribution in [2.24, 2.45) is 0 Å². The van der Waals surface area contributed by atoms with E-state index in [0.717, 1.165) is 36.4 Å². The zero-order valence-corrected chi connectivity index (χ0v) is 10.6. The molecule has 0 spiro atoms. The quantitative estimate of drug-likeness (QED) is 0.789. The fourth-order valence-corrected chi connectivity index (χ4v) is 3.44. The average Bonchev–Trinajstić information content (AvgIpc) is 3.02. The van der Waals surface area contributed by atoms with E-state index >= 15 is 0 Å². The molecule has 2 aliphatic rings. The van der Waals surface area contributed by atoms with Gasteiger partial charge >= 0.3 is 5.69 Å². The lowest BCUT2D eigenvalue weighted by Crippen LogP contribution is -2.26. The molecule has 0 aromatic carbocycles. The predicted molar refractivity (Wildman–Crippen MR) is 69.1 cm³/mol. The molecule has 2 fully saturated rings. The van der Waals surface area contributed by atoms with Crippen LogP contribution in [0.25, 0.3) is 0 Å². The molecular formula is C11H16N4OS. The molecule has 3 rings (SSSR count). The van der Waals surface area contributed by atoms with Gasteiger partial charge in [0.25, 0.3) is 0 Å². The highest BCUT2D eigenvalue weighted by Gasteiger charge is 2.20. The Morgan fingerprint density at radius 2 is 1.24 bits per heavy atom. The number of hydrogen-bond donors (Lipinski definition) is 0. The second-order valence-corrected chi connectivity index (χ2v) is 5.50. The Morgan fingerprint density at radius 1 is 0.824 bits per heavy atom. The lowest BCUT2D eigenvalue weighted by Gasteiger charge is -2.18. The molecule has 0 saturated carbocycles. The number of rotatable bonds is 2. The molecule has 0 unspecified atom stereocenters. The Bertz CT molecular complexity index is 412. The van der Waals surface area contributed by atoms with Crippen LogP contribution in [0.2, 0.25) is 0 Å². The summed E-state index contributed by atoms with van der Waals surface area (Å²) in [6, 6.07) is 0. The predicted octanol–water partition coefficient (Wildman–Crippen LogP) is 1.10. The van der Waals surface area contributed by atoms with E-state index in [4.69, 9.17) is 0 Å². The summed E-state index contributed by atoms with van der Waals surface area (Å²) in [7, 11) is 0. The maximum atomic E-state index is 11.6. The van der Waals surface area contributed by atoms with E-state index < -0.39 is 0 Å². The van der Waals surface area contributed by atoms with Crippen molar-refractivity contribution in [3.05, 3.63) is 10.5 Å². The Balaban J connectivity index is 1.91. The van der Waals surface area contributed by atoms with Crippen molar-refractivity contribution >= 4 is 21.6 Å². The molecule has 0 atom stereocenters. The van der Waals surface area contributed by atoms with Gasteiger partial charge in [-0.3, -0.25) is 0 Å². The third kappa shape index (κ3) is 2.26. The first-order chi connectivity index (χ1) is 8.33. The van der Waals surface area contributed by atoms with Crippen LogP contribution in [0.3, 0.4) is 0 Å². The first-order valence-electron chi connectivity index (χ1n) is 6.22. The zero-order valence-electron chi connectivity index (χ0n) is 9.76. The maximum Gasteiger partial charge on any atom is 0.372 e. The van der Waals surface area contributed by atoms with Crippen molar-refractivity contribution in [1.29, 1.82) is 0 Å². The van der Waals surface area contributed by atoms with E-state index in [2.05, 4.69) is 19.8 Å². The molecular weight excluding hydrogens is 236 g/mol. The Morgan fingerprint density at radius 3 is 1.65 bits per heavy atom. The normalized spacial score (nSPS) is 20.2. The highest BCUT2D eigenvalue weighted by molar-refractivity contribution is 7.18. The van der Waals surface area contributed by atoms with Crippen molar-refractivity contribution in [2.45, 2.75) is 25.7 Å². The summed E-state index contributed by atoms with van der Waals surface area (Å²) >= 11 is 1.56. The molecule has 3 heterocycles. The van der Waals surface area contributed by atoms with Gasteiger partial charge in [0, 0.05) is 26.2 Å². The standard InChI is InChI=1S/C11H16N4OS/c16-9-12-10(14-5-1-2-6-14)17-11(13-9)15-7-3-4-8-15/h1-8H2. The SMILES string of the molecule is O=c1nc(N2CCCC2)sc(N2CCCC2)n1. The van der Waals surface area contributed by atoms with Crippen LogP contribution in [0.4, 0.5) is 10.3 Å². The van der Waals surface area contributed by atoms with Gasteiger partial charge in [0.05, 0.1) is 0 Å². The maximum absolute atomic E-state index is 11.6. The topological polar surface area (TPSA) is 49.3 Å². The van der Waals surface area contributed by atoms with Crippen molar-refractivity contribution in [3.63, 3.8) is 0 Å². The molecule has 0 amide bonds. The minimum Gasteiger partial charge on any atom is -0.348 e. The second kappa shape index (κ2) is 4.60. The number of hydrogen-bond acceptors (Lipinski definition) is 6. The van der Waals surface area contributed by atoms with Gasteiger partial charge in [0.15, 0.2) is 10.3 Å². The Hall–Kier alpha value is -1.17. The molecule has 1 aromatic rings. The monoisotopic (exact) mass is 252 g/mol. The fraction of sp³-hybridized carbons (Fsp3) is 0.727. The molecule has 2 saturated heterocycles. The van der Waals surface area contributed by atoms with Crippen LogP contribution in [0.1, 0.15) is 25.7 Å². The van der Waals surface area contributed by atoms with Crippen LogP contribution in [-0.4, -0.2) is 36.1 Å². The molecule has 92 valence electrons. The molecule has 2 aliphatic heterocycles. The van der Waals surface area contributed by atoms with Crippen LogP contribution >= 0.6 is 11.3 Å². The van der Waals surface area contributed by atoms with Gasteiger partial charge in [-0.15, -0.1) is 0 Å². The van der Waals surface area contributed by atoms with Crippen LogP contribution < -0.4 is 15.5 Å². The third-order valence-electron chi connectivity index (χ3n) is 3.32. The van der Waals surface area contributed by atoms with Gasteiger partial charge in [-0.2, -0.15) is 9.97 Å². The van der Waals surface area contributed by atoms with Gasteiger partial charge in [-0.25, -0.2) is 4.79 Å². The van der Waals surface area contributed by atoms with Crippen molar-refractivity contribution < 1.29 is 0 Å². The minimum absolute atomic E-state index is 0.340. The van der Waals surface area contributed by atoms with Crippen molar-refractivity contribution in [3.8, 4) is 0 Å². The van der Waals surface area contributed by atoms with Crippen molar-refractivity contribution in [2.75, 3.05) is 36.0 Å². The van der Waals surface area contributed by atoms with E-state index in [1.54, 1.807) is 11.3 Å². The first kappa shape index (κ1) is 11.0. The van der Waals surface area contributed by atoms with E-state index in [-0.39, 0.29) is 5.69 Å². The summed E-state index contributed by atoms with van der Waals surface area (Å²) in [5, 5.41) is 1.70. The summed E-state index contributed by atoms with van der Waals surface area (Å²) < 4.78 is 0. The smallest absolute Gasteiger partial charge is 0.348 e. The Kier molecular flexibility index (Phi) is 2.96. The van der Waals surface area contributed by atoms with Crippen LogP contribution in [0.15, 0.2) is 4.79 Å². The van der Waals surface area contributed by atoms with Gasteiger partial charge in [-0.05, 0) is 25.7 Å². The van der Waals surface area contributed by atoms with E-state index in [0.29, 0.717) is 0 Å². The molecule has 17 heavy (non-hydrogen) atoms. The summed E-state index contributed by atoms with van der Waals surface area (Å²) in [4.78, 5) is 24.0. The summed E-state index contributed by atoms with van der Waals surface area (Å²) in [5.41, 5.74) is -0.340. The van der Waals surface area contributed by atoms with Gasteiger partial charge in [0.2, 0.25) is 0 Å². The number of nitrogens with zero attached hydrogens (tertiary/aromatic N) is 4. The Labute approximate surface area is 104 Å². The second-order valence-electron chi connectivity index (χ2n) is 4.56. The van der Waals surface area contributed by atoms with E-state index in [9.17, 15) is 4.79 Å². The molecule has 5 nitrogen and oxygen atoms in total. The highest BCUT2D eigenvalue weighted by Crippen LogP contribution is 2.28. The molecule has 6 heteroatoms.